The Morgan fingerprint density at radius 2 is 1.66 bits per heavy atom. The van der Waals surface area contributed by atoms with Crippen molar-refractivity contribution >= 4 is 27.5 Å². The van der Waals surface area contributed by atoms with Gasteiger partial charge in [0.2, 0.25) is 10.0 Å². The third kappa shape index (κ3) is 4.51. The number of carbonyl (C=O) groups excluding carboxylic acids is 2. The fourth-order valence-electron chi connectivity index (χ4n) is 3.30. The van der Waals surface area contributed by atoms with E-state index in [0.29, 0.717) is 24.3 Å². The van der Waals surface area contributed by atoms with Crippen LogP contribution in [-0.2, 0) is 17.1 Å². The third-order valence-corrected chi connectivity index (χ3v) is 6.83. The Balaban J connectivity index is 1.76. The van der Waals surface area contributed by atoms with E-state index in [1.54, 1.807) is 45.4 Å². The molecular formula is C20H26N4O4S. The molecule has 3 rings (SSSR count). The van der Waals surface area contributed by atoms with Gasteiger partial charge in [0.15, 0.2) is 0 Å². The van der Waals surface area contributed by atoms with Crippen molar-refractivity contribution in [3.8, 4) is 0 Å². The van der Waals surface area contributed by atoms with E-state index in [1.807, 2.05) is 0 Å². The molecule has 29 heavy (non-hydrogen) atoms. The first-order valence-corrected chi connectivity index (χ1v) is 10.9. The van der Waals surface area contributed by atoms with E-state index < -0.39 is 15.9 Å². The lowest BCUT2D eigenvalue weighted by atomic mass is 10.2. The van der Waals surface area contributed by atoms with E-state index in [2.05, 4.69) is 5.32 Å². The van der Waals surface area contributed by atoms with Crippen molar-refractivity contribution in [1.29, 1.82) is 0 Å². The first-order valence-electron chi connectivity index (χ1n) is 9.50. The SMILES string of the molecule is CN(C)C(=O)c1ccc(NC(=O)c2cc(S(=O)(=O)N3CCCCC3)cn2C)cc1. The van der Waals surface area contributed by atoms with Crippen LogP contribution in [0.1, 0.15) is 40.1 Å². The molecule has 0 unspecified atom stereocenters. The second-order valence-corrected chi connectivity index (χ2v) is 9.31. The minimum atomic E-state index is -3.60. The van der Waals surface area contributed by atoms with Gasteiger partial charge in [-0.1, -0.05) is 6.42 Å². The number of rotatable bonds is 5. The normalized spacial score (nSPS) is 15.1. The molecule has 1 aliphatic heterocycles. The molecular weight excluding hydrogens is 392 g/mol. The maximum atomic E-state index is 12.8. The van der Waals surface area contributed by atoms with Crippen LogP contribution in [0.5, 0.6) is 0 Å². The average Bonchev–Trinajstić information content (AvgIpc) is 3.11. The van der Waals surface area contributed by atoms with E-state index >= 15 is 0 Å². The Kier molecular flexibility index (Phi) is 6.09. The van der Waals surface area contributed by atoms with Gasteiger partial charge in [0.25, 0.3) is 11.8 Å². The number of nitrogens with zero attached hydrogens (tertiary/aromatic N) is 3. The van der Waals surface area contributed by atoms with Gasteiger partial charge >= 0.3 is 0 Å². The maximum absolute atomic E-state index is 12.8. The van der Waals surface area contributed by atoms with Crippen LogP contribution in [0.15, 0.2) is 41.4 Å². The van der Waals surface area contributed by atoms with E-state index in [1.165, 1.54) is 26.0 Å². The number of hydrogen-bond acceptors (Lipinski definition) is 4. The van der Waals surface area contributed by atoms with E-state index in [9.17, 15) is 18.0 Å². The summed E-state index contributed by atoms with van der Waals surface area (Å²) in [6.45, 7) is 1.02. The summed E-state index contributed by atoms with van der Waals surface area (Å²) in [4.78, 5) is 26.2. The zero-order chi connectivity index (χ0) is 21.2. The highest BCUT2D eigenvalue weighted by Crippen LogP contribution is 2.23. The summed E-state index contributed by atoms with van der Waals surface area (Å²) in [5.74, 6) is -0.544. The van der Waals surface area contributed by atoms with Crippen molar-refractivity contribution in [2.24, 2.45) is 7.05 Å². The topological polar surface area (TPSA) is 91.7 Å². The van der Waals surface area contributed by atoms with Crippen LogP contribution >= 0.6 is 0 Å². The van der Waals surface area contributed by atoms with Gasteiger partial charge in [-0.3, -0.25) is 9.59 Å². The molecule has 0 radical (unpaired) electrons. The predicted molar refractivity (Wildman–Crippen MR) is 110 cm³/mol. The van der Waals surface area contributed by atoms with Gasteiger partial charge in [-0.2, -0.15) is 4.31 Å². The van der Waals surface area contributed by atoms with E-state index in [-0.39, 0.29) is 16.5 Å². The Morgan fingerprint density at radius 1 is 1.03 bits per heavy atom. The standard InChI is InChI=1S/C20H26N4O4S/c1-22(2)20(26)15-7-9-16(10-8-15)21-19(25)18-13-17(14-23(18)3)29(27,28)24-11-5-4-6-12-24/h7-10,13-14H,4-6,11-12H2,1-3H3,(H,21,25). The molecule has 1 N–H and O–H groups in total. The minimum absolute atomic E-state index is 0.124. The number of hydrogen-bond donors (Lipinski definition) is 1. The summed E-state index contributed by atoms with van der Waals surface area (Å²) in [6, 6.07) is 7.96. The van der Waals surface area contributed by atoms with Crippen molar-refractivity contribution in [2.75, 3.05) is 32.5 Å². The first-order chi connectivity index (χ1) is 13.7. The number of sulfonamides is 1. The van der Waals surface area contributed by atoms with E-state index in [4.69, 9.17) is 0 Å². The van der Waals surface area contributed by atoms with Gasteiger partial charge < -0.3 is 14.8 Å². The molecule has 0 saturated carbocycles. The molecule has 156 valence electrons. The van der Waals surface area contributed by atoms with Gasteiger partial charge in [0.1, 0.15) is 10.6 Å². The molecule has 0 atom stereocenters. The largest absolute Gasteiger partial charge is 0.345 e. The van der Waals surface area contributed by atoms with Gasteiger partial charge in [-0.05, 0) is 43.2 Å². The summed E-state index contributed by atoms with van der Waals surface area (Å²) in [5.41, 5.74) is 1.28. The fraction of sp³-hybridized carbons (Fsp3) is 0.400. The maximum Gasteiger partial charge on any atom is 0.272 e. The van der Waals surface area contributed by atoms with Gasteiger partial charge in [-0.15, -0.1) is 0 Å². The number of piperidine rings is 1. The van der Waals surface area contributed by atoms with Crippen LogP contribution in [0.25, 0.3) is 0 Å². The number of nitrogens with one attached hydrogen (secondary N) is 1. The summed E-state index contributed by atoms with van der Waals surface area (Å²) in [6.07, 6.45) is 4.21. The molecule has 2 heterocycles. The van der Waals surface area contributed by atoms with Crippen molar-refractivity contribution in [1.82, 2.24) is 13.8 Å². The number of amides is 2. The molecule has 2 aromatic rings. The second kappa shape index (κ2) is 8.38. The number of aromatic nitrogens is 1. The summed E-state index contributed by atoms with van der Waals surface area (Å²) < 4.78 is 28.7. The highest BCUT2D eigenvalue weighted by atomic mass is 32.2. The zero-order valence-electron chi connectivity index (χ0n) is 16.9. The molecule has 9 heteroatoms. The number of carbonyl (C=O) groups is 2. The second-order valence-electron chi connectivity index (χ2n) is 7.37. The smallest absolute Gasteiger partial charge is 0.272 e. The molecule has 0 bridgehead atoms. The Bertz CT molecular complexity index is 1000. The minimum Gasteiger partial charge on any atom is -0.345 e. The quantitative estimate of drug-likeness (QED) is 0.805. The lowest BCUT2D eigenvalue weighted by molar-refractivity contribution is 0.0827. The van der Waals surface area contributed by atoms with Crippen LogP contribution in [0.2, 0.25) is 0 Å². The van der Waals surface area contributed by atoms with Crippen LogP contribution in [-0.4, -0.2) is 61.2 Å². The predicted octanol–water partition coefficient (Wildman–Crippen LogP) is 2.15. The molecule has 0 aliphatic carbocycles. The van der Waals surface area contributed by atoms with Crippen LogP contribution in [0.4, 0.5) is 5.69 Å². The van der Waals surface area contributed by atoms with E-state index in [0.717, 1.165) is 19.3 Å². The summed E-state index contributed by atoms with van der Waals surface area (Å²) >= 11 is 0. The summed E-state index contributed by atoms with van der Waals surface area (Å²) in [5, 5.41) is 2.75. The Hall–Kier alpha value is -2.65. The Labute approximate surface area is 171 Å². The average molecular weight is 419 g/mol. The molecule has 2 amide bonds. The highest BCUT2D eigenvalue weighted by molar-refractivity contribution is 7.89. The molecule has 1 fully saturated rings. The molecule has 1 aliphatic rings. The highest BCUT2D eigenvalue weighted by Gasteiger charge is 2.28. The number of benzene rings is 1. The van der Waals surface area contributed by atoms with Crippen molar-refractivity contribution in [2.45, 2.75) is 24.2 Å². The van der Waals surface area contributed by atoms with Crippen LogP contribution in [0.3, 0.4) is 0 Å². The van der Waals surface area contributed by atoms with Gasteiger partial charge in [-0.25, -0.2) is 8.42 Å². The molecule has 1 aromatic carbocycles. The monoisotopic (exact) mass is 418 g/mol. The lowest BCUT2D eigenvalue weighted by Gasteiger charge is -2.25. The van der Waals surface area contributed by atoms with Crippen molar-refractivity contribution < 1.29 is 18.0 Å². The first kappa shape index (κ1) is 21.1. The lowest BCUT2D eigenvalue weighted by Crippen LogP contribution is -2.35. The fourth-order valence-corrected chi connectivity index (χ4v) is 4.89. The third-order valence-electron chi connectivity index (χ3n) is 4.96. The van der Waals surface area contributed by atoms with Crippen molar-refractivity contribution in [3.05, 3.63) is 47.8 Å². The van der Waals surface area contributed by atoms with Crippen molar-refractivity contribution in [3.63, 3.8) is 0 Å². The molecule has 1 aromatic heterocycles. The van der Waals surface area contributed by atoms with Crippen LogP contribution < -0.4 is 5.32 Å². The molecule has 0 spiro atoms. The number of anilines is 1. The molecule has 8 nitrogen and oxygen atoms in total. The zero-order valence-corrected chi connectivity index (χ0v) is 17.7. The number of aryl methyl sites for hydroxylation is 1. The van der Waals surface area contributed by atoms with Gasteiger partial charge in [0.05, 0.1) is 0 Å². The van der Waals surface area contributed by atoms with Crippen LogP contribution in [0, 0.1) is 0 Å². The van der Waals surface area contributed by atoms with Gasteiger partial charge in [0, 0.05) is 51.7 Å². The summed E-state index contributed by atoms with van der Waals surface area (Å²) in [7, 11) is 1.38. The molecule has 1 saturated heterocycles. The Morgan fingerprint density at radius 3 is 2.24 bits per heavy atom.